The van der Waals surface area contributed by atoms with Gasteiger partial charge in [-0.3, -0.25) is 0 Å². The zero-order valence-electron chi connectivity index (χ0n) is 8.58. The summed E-state index contributed by atoms with van der Waals surface area (Å²) in [6, 6.07) is 0. The standard InChI is InChI=1S/C11H20S2/c1-11(2)8-9(12)6-4-3-5-7-10(11)13/h8,10,12-13H,3-7H2,1-2H3/b9-8+/t10-/m1/s1. The summed E-state index contributed by atoms with van der Waals surface area (Å²) in [4.78, 5) is 1.24. The molecule has 0 saturated heterocycles. The van der Waals surface area contributed by atoms with Gasteiger partial charge in [-0.1, -0.05) is 32.8 Å². The molecule has 1 aliphatic carbocycles. The quantitative estimate of drug-likeness (QED) is 0.560. The Morgan fingerprint density at radius 1 is 1.31 bits per heavy atom. The molecule has 0 unspecified atom stereocenters. The van der Waals surface area contributed by atoms with Crippen LogP contribution in [0, 0.1) is 5.41 Å². The van der Waals surface area contributed by atoms with Crippen molar-refractivity contribution < 1.29 is 0 Å². The maximum atomic E-state index is 4.67. The molecule has 0 aromatic rings. The van der Waals surface area contributed by atoms with Gasteiger partial charge < -0.3 is 0 Å². The molecule has 0 aromatic carbocycles. The first-order chi connectivity index (χ1) is 6.02. The molecule has 0 amide bonds. The number of allylic oxidation sites excluding steroid dienone is 2. The highest BCUT2D eigenvalue weighted by molar-refractivity contribution is 7.84. The number of rotatable bonds is 0. The highest BCUT2D eigenvalue weighted by Gasteiger charge is 2.24. The zero-order valence-corrected chi connectivity index (χ0v) is 10.4. The Bertz CT molecular complexity index is 194. The van der Waals surface area contributed by atoms with Crippen LogP contribution in [0.4, 0.5) is 0 Å². The first kappa shape index (κ1) is 11.5. The van der Waals surface area contributed by atoms with E-state index < -0.39 is 0 Å². The van der Waals surface area contributed by atoms with E-state index in [0.29, 0.717) is 5.25 Å². The molecule has 2 heteroatoms. The van der Waals surface area contributed by atoms with E-state index in [2.05, 4.69) is 45.2 Å². The molecular weight excluding hydrogens is 196 g/mol. The van der Waals surface area contributed by atoms with Crippen molar-refractivity contribution in [3.8, 4) is 0 Å². The van der Waals surface area contributed by atoms with Gasteiger partial charge in [-0.2, -0.15) is 12.6 Å². The van der Waals surface area contributed by atoms with E-state index in [1.165, 1.54) is 30.6 Å². The van der Waals surface area contributed by atoms with E-state index in [1.807, 2.05) is 0 Å². The highest BCUT2D eigenvalue weighted by atomic mass is 32.1. The Morgan fingerprint density at radius 3 is 2.69 bits per heavy atom. The molecule has 1 rings (SSSR count). The molecule has 0 bridgehead atoms. The van der Waals surface area contributed by atoms with Crippen LogP contribution in [0.5, 0.6) is 0 Å². The summed E-state index contributed by atoms with van der Waals surface area (Å²) in [7, 11) is 0. The third-order valence-electron chi connectivity index (χ3n) is 2.81. The molecule has 76 valence electrons. The molecule has 1 aliphatic rings. The maximum absolute atomic E-state index is 4.67. The molecule has 0 aliphatic heterocycles. The Labute approximate surface area is 93.0 Å². The third-order valence-corrected chi connectivity index (χ3v) is 4.08. The summed E-state index contributed by atoms with van der Waals surface area (Å²) in [5.74, 6) is 0. The van der Waals surface area contributed by atoms with Gasteiger partial charge >= 0.3 is 0 Å². The van der Waals surface area contributed by atoms with Crippen LogP contribution in [0.2, 0.25) is 0 Å². The summed E-state index contributed by atoms with van der Waals surface area (Å²) in [6.45, 7) is 4.51. The summed E-state index contributed by atoms with van der Waals surface area (Å²) in [6.07, 6.45) is 8.59. The fourth-order valence-corrected chi connectivity index (χ4v) is 2.54. The van der Waals surface area contributed by atoms with Crippen LogP contribution >= 0.6 is 25.3 Å². The molecule has 13 heavy (non-hydrogen) atoms. The van der Waals surface area contributed by atoms with Crippen LogP contribution in [0.1, 0.15) is 46.0 Å². The van der Waals surface area contributed by atoms with Crippen LogP contribution < -0.4 is 0 Å². The number of thiol groups is 2. The molecule has 0 N–H and O–H groups in total. The minimum Gasteiger partial charge on any atom is -0.175 e. The lowest BCUT2D eigenvalue weighted by molar-refractivity contribution is 0.431. The second kappa shape index (κ2) is 4.79. The number of hydrogen-bond donors (Lipinski definition) is 2. The van der Waals surface area contributed by atoms with Crippen LogP contribution in [0.15, 0.2) is 11.0 Å². The molecule has 0 radical (unpaired) electrons. The molecule has 1 atom stereocenters. The lowest BCUT2D eigenvalue weighted by atomic mass is 9.86. The van der Waals surface area contributed by atoms with Crippen molar-refractivity contribution in [2.75, 3.05) is 0 Å². The van der Waals surface area contributed by atoms with Crippen molar-refractivity contribution >= 4 is 25.3 Å². The Balaban J connectivity index is 2.75. The summed E-state index contributed by atoms with van der Waals surface area (Å²) < 4.78 is 0. The van der Waals surface area contributed by atoms with Crippen LogP contribution in [0.3, 0.4) is 0 Å². The van der Waals surface area contributed by atoms with Crippen molar-refractivity contribution in [2.24, 2.45) is 5.41 Å². The predicted molar refractivity (Wildman–Crippen MR) is 66.7 cm³/mol. The van der Waals surface area contributed by atoms with Gasteiger partial charge in [0.2, 0.25) is 0 Å². The van der Waals surface area contributed by atoms with Crippen LogP contribution in [-0.4, -0.2) is 5.25 Å². The Morgan fingerprint density at radius 2 is 2.00 bits per heavy atom. The first-order valence-corrected chi connectivity index (χ1v) is 6.07. The Kier molecular flexibility index (Phi) is 4.24. The second-order valence-electron chi connectivity index (χ2n) is 4.57. The highest BCUT2D eigenvalue weighted by Crippen LogP contribution is 2.34. The van der Waals surface area contributed by atoms with Crippen molar-refractivity contribution in [1.82, 2.24) is 0 Å². The lowest BCUT2D eigenvalue weighted by Crippen LogP contribution is -2.22. The zero-order chi connectivity index (χ0) is 9.90. The molecular formula is C11H20S2. The molecule has 0 nitrogen and oxygen atoms in total. The molecule has 0 spiro atoms. The van der Waals surface area contributed by atoms with Gasteiger partial charge in [-0.05, 0) is 29.6 Å². The van der Waals surface area contributed by atoms with Crippen molar-refractivity contribution in [3.63, 3.8) is 0 Å². The van der Waals surface area contributed by atoms with Crippen molar-refractivity contribution in [1.29, 1.82) is 0 Å². The molecule has 0 aromatic heterocycles. The first-order valence-electron chi connectivity index (χ1n) is 5.11. The SMILES string of the molecule is CC1(C)/C=C(/S)CCCCC[C@H]1S. The van der Waals surface area contributed by atoms with Crippen LogP contribution in [-0.2, 0) is 0 Å². The van der Waals surface area contributed by atoms with E-state index in [0.717, 1.165) is 6.42 Å². The van der Waals surface area contributed by atoms with Crippen LogP contribution in [0.25, 0.3) is 0 Å². The van der Waals surface area contributed by atoms with Crippen molar-refractivity contribution in [3.05, 3.63) is 11.0 Å². The minimum atomic E-state index is 0.199. The van der Waals surface area contributed by atoms with Gasteiger partial charge in [0.05, 0.1) is 0 Å². The fourth-order valence-electron chi connectivity index (χ4n) is 1.79. The van der Waals surface area contributed by atoms with E-state index in [9.17, 15) is 0 Å². The lowest BCUT2D eigenvalue weighted by Gasteiger charge is -2.27. The molecule has 0 heterocycles. The van der Waals surface area contributed by atoms with E-state index in [-0.39, 0.29) is 5.41 Å². The summed E-state index contributed by atoms with van der Waals surface area (Å²) in [5.41, 5.74) is 0.199. The average Bonchev–Trinajstić information content (AvgIpc) is 2.05. The van der Waals surface area contributed by atoms with E-state index in [4.69, 9.17) is 0 Å². The van der Waals surface area contributed by atoms with Gasteiger partial charge in [0.25, 0.3) is 0 Å². The summed E-state index contributed by atoms with van der Waals surface area (Å²) >= 11 is 9.18. The summed E-state index contributed by atoms with van der Waals surface area (Å²) in [5, 5.41) is 0.479. The normalized spacial score (nSPS) is 33.8. The van der Waals surface area contributed by atoms with Gasteiger partial charge in [-0.25, -0.2) is 0 Å². The third kappa shape index (κ3) is 3.59. The van der Waals surface area contributed by atoms with Gasteiger partial charge in [-0.15, -0.1) is 12.6 Å². The topological polar surface area (TPSA) is 0 Å². The monoisotopic (exact) mass is 216 g/mol. The second-order valence-corrected chi connectivity index (χ2v) is 5.77. The number of hydrogen-bond acceptors (Lipinski definition) is 2. The van der Waals surface area contributed by atoms with Gasteiger partial charge in [0.1, 0.15) is 0 Å². The minimum absolute atomic E-state index is 0.199. The van der Waals surface area contributed by atoms with Gasteiger partial charge in [0.15, 0.2) is 0 Å². The fraction of sp³-hybridized carbons (Fsp3) is 0.818. The molecule has 0 saturated carbocycles. The smallest absolute Gasteiger partial charge is 0.0103 e. The Hall–Kier alpha value is 0.440. The van der Waals surface area contributed by atoms with Crippen molar-refractivity contribution in [2.45, 2.75) is 51.2 Å². The average molecular weight is 216 g/mol. The molecule has 0 fully saturated rings. The van der Waals surface area contributed by atoms with E-state index >= 15 is 0 Å². The maximum Gasteiger partial charge on any atom is 0.0103 e. The predicted octanol–water partition coefficient (Wildman–Crippen LogP) is 4.09. The van der Waals surface area contributed by atoms with E-state index in [1.54, 1.807) is 0 Å². The van der Waals surface area contributed by atoms with Gasteiger partial charge in [0, 0.05) is 5.25 Å². The largest absolute Gasteiger partial charge is 0.175 e.